The summed E-state index contributed by atoms with van der Waals surface area (Å²) >= 11 is 0. The van der Waals surface area contributed by atoms with Gasteiger partial charge in [-0.05, 0) is 55.7 Å². The lowest BCUT2D eigenvalue weighted by Gasteiger charge is -2.39. The maximum atomic E-state index is 5.76. The molecule has 1 saturated carbocycles. The molecule has 0 bridgehead atoms. The summed E-state index contributed by atoms with van der Waals surface area (Å²) in [6.07, 6.45) is 5.13. The van der Waals surface area contributed by atoms with Gasteiger partial charge >= 0.3 is 0 Å². The van der Waals surface area contributed by atoms with E-state index in [0.29, 0.717) is 18.0 Å². The summed E-state index contributed by atoms with van der Waals surface area (Å²) < 4.78 is 0. The van der Waals surface area contributed by atoms with E-state index in [4.69, 9.17) is 5.73 Å². The number of anilines is 1. The van der Waals surface area contributed by atoms with Crippen LogP contribution in [0.25, 0.3) is 0 Å². The number of nitrogens with two attached hydrogens (primary N) is 1. The van der Waals surface area contributed by atoms with Crippen LogP contribution in [-0.2, 0) is 6.54 Å². The van der Waals surface area contributed by atoms with Crippen molar-refractivity contribution in [2.75, 3.05) is 11.9 Å². The minimum atomic E-state index is 0.514. The molecule has 0 spiro atoms. The van der Waals surface area contributed by atoms with E-state index < -0.39 is 0 Å². The maximum Gasteiger partial charge on any atom is 0.129 e. The quantitative estimate of drug-likeness (QED) is 0.908. The predicted octanol–water partition coefficient (Wildman–Crippen LogP) is 3.25. The zero-order valence-corrected chi connectivity index (χ0v) is 12.7. The minimum absolute atomic E-state index is 0.514. The highest BCUT2D eigenvalue weighted by Gasteiger charge is 2.29. The van der Waals surface area contributed by atoms with Crippen molar-refractivity contribution in [2.24, 2.45) is 11.1 Å². The van der Waals surface area contributed by atoms with Crippen molar-refractivity contribution in [3.8, 4) is 0 Å². The summed E-state index contributed by atoms with van der Waals surface area (Å²) in [7, 11) is 2.17. The second-order valence-electron chi connectivity index (χ2n) is 6.69. The van der Waals surface area contributed by atoms with E-state index in [0.717, 1.165) is 11.5 Å². The molecule has 3 nitrogen and oxygen atoms in total. The molecule has 0 atom stereocenters. The molecule has 19 heavy (non-hydrogen) atoms. The molecule has 0 aromatic carbocycles. The highest BCUT2D eigenvalue weighted by molar-refractivity contribution is 5.43. The molecule has 2 N–H and O–H groups in total. The van der Waals surface area contributed by atoms with Gasteiger partial charge in [0.25, 0.3) is 0 Å². The number of pyridine rings is 1. The molecular formula is C16H27N3. The van der Waals surface area contributed by atoms with Crippen LogP contribution >= 0.6 is 0 Å². The number of aryl methyl sites for hydroxylation is 1. The van der Waals surface area contributed by atoms with Crippen molar-refractivity contribution in [3.63, 3.8) is 0 Å². The fraction of sp³-hybridized carbons (Fsp3) is 0.688. The Morgan fingerprint density at radius 1 is 1.32 bits per heavy atom. The molecule has 0 unspecified atom stereocenters. The molecule has 0 radical (unpaired) electrons. The fourth-order valence-corrected chi connectivity index (χ4v) is 2.98. The molecule has 1 heterocycles. The number of hydrogen-bond donors (Lipinski definition) is 1. The van der Waals surface area contributed by atoms with Crippen LogP contribution in [0.3, 0.4) is 0 Å². The van der Waals surface area contributed by atoms with Gasteiger partial charge in [0, 0.05) is 25.3 Å². The van der Waals surface area contributed by atoms with Gasteiger partial charge in [-0.3, -0.25) is 0 Å². The van der Waals surface area contributed by atoms with Crippen molar-refractivity contribution in [1.29, 1.82) is 0 Å². The predicted molar refractivity (Wildman–Crippen MR) is 81.3 cm³/mol. The molecule has 1 aromatic heterocycles. The van der Waals surface area contributed by atoms with Crippen molar-refractivity contribution < 1.29 is 0 Å². The van der Waals surface area contributed by atoms with Crippen molar-refractivity contribution in [2.45, 2.75) is 59.0 Å². The Morgan fingerprint density at radius 3 is 2.53 bits per heavy atom. The van der Waals surface area contributed by atoms with Crippen LogP contribution in [-0.4, -0.2) is 18.1 Å². The summed E-state index contributed by atoms with van der Waals surface area (Å²) in [5.41, 5.74) is 8.50. The monoisotopic (exact) mass is 261 g/mol. The molecule has 1 aromatic rings. The Hall–Kier alpha value is -1.09. The Morgan fingerprint density at radius 2 is 1.95 bits per heavy atom. The topological polar surface area (TPSA) is 42.1 Å². The Balaban J connectivity index is 2.11. The molecule has 0 amide bonds. The zero-order valence-electron chi connectivity index (χ0n) is 12.7. The van der Waals surface area contributed by atoms with Gasteiger partial charge in [-0.25, -0.2) is 4.98 Å². The molecule has 2 rings (SSSR count). The average Bonchev–Trinajstić information content (AvgIpc) is 2.37. The summed E-state index contributed by atoms with van der Waals surface area (Å²) in [6, 6.07) is 4.82. The fourth-order valence-electron chi connectivity index (χ4n) is 2.98. The van der Waals surface area contributed by atoms with Gasteiger partial charge in [-0.15, -0.1) is 0 Å². The van der Waals surface area contributed by atoms with Gasteiger partial charge in [0.05, 0.1) is 0 Å². The van der Waals surface area contributed by atoms with E-state index in [2.05, 4.69) is 42.9 Å². The van der Waals surface area contributed by atoms with Crippen LogP contribution in [0.4, 0.5) is 5.82 Å². The second-order valence-corrected chi connectivity index (χ2v) is 6.69. The van der Waals surface area contributed by atoms with E-state index in [-0.39, 0.29) is 0 Å². The van der Waals surface area contributed by atoms with Gasteiger partial charge in [0.1, 0.15) is 5.82 Å². The highest BCUT2D eigenvalue weighted by Crippen LogP contribution is 2.37. The zero-order chi connectivity index (χ0) is 14.0. The second kappa shape index (κ2) is 5.49. The maximum absolute atomic E-state index is 5.76. The van der Waals surface area contributed by atoms with Gasteiger partial charge in [0.2, 0.25) is 0 Å². The van der Waals surface area contributed by atoms with Crippen molar-refractivity contribution in [3.05, 3.63) is 23.4 Å². The average molecular weight is 261 g/mol. The van der Waals surface area contributed by atoms with Crippen LogP contribution in [0.5, 0.6) is 0 Å². The van der Waals surface area contributed by atoms with Crippen LogP contribution in [0.2, 0.25) is 0 Å². The molecule has 1 fully saturated rings. The van der Waals surface area contributed by atoms with E-state index in [1.807, 2.05) is 6.92 Å². The first-order valence-corrected chi connectivity index (χ1v) is 7.32. The largest absolute Gasteiger partial charge is 0.357 e. The standard InChI is InChI=1S/C16H27N3/c1-12-9-13(11-17)10-15(18-12)19(4)14-5-7-16(2,3)8-6-14/h9-10,14H,5-8,11,17H2,1-4H3. The summed E-state index contributed by atoms with van der Waals surface area (Å²) in [4.78, 5) is 7.01. The first-order valence-electron chi connectivity index (χ1n) is 7.32. The first-order chi connectivity index (χ1) is 8.91. The van der Waals surface area contributed by atoms with Crippen LogP contribution < -0.4 is 10.6 Å². The van der Waals surface area contributed by atoms with E-state index >= 15 is 0 Å². The smallest absolute Gasteiger partial charge is 0.129 e. The normalized spacial score (nSPS) is 19.4. The summed E-state index contributed by atoms with van der Waals surface area (Å²) in [5, 5.41) is 0. The molecular weight excluding hydrogens is 234 g/mol. The van der Waals surface area contributed by atoms with Gasteiger partial charge in [-0.1, -0.05) is 13.8 Å². The van der Waals surface area contributed by atoms with E-state index in [1.54, 1.807) is 0 Å². The lowest BCUT2D eigenvalue weighted by Crippen LogP contribution is -2.37. The van der Waals surface area contributed by atoms with Gasteiger partial charge in [-0.2, -0.15) is 0 Å². The van der Waals surface area contributed by atoms with Crippen LogP contribution in [0, 0.1) is 12.3 Å². The summed E-state index contributed by atoms with van der Waals surface area (Å²) in [5.74, 6) is 1.07. The Kier molecular flexibility index (Phi) is 4.14. The first kappa shape index (κ1) is 14.3. The third kappa shape index (κ3) is 3.47. The third-order valence-corrected chi connectivity index (χ3v) is 4.45. The third-order valence-electron chi connectivity index (χ3n) is 4.45. The highest BCUT2D eigenvalue weighted by atomic mass is 15.2. The van der Waals surface area contributed by atoms with Crippen molar-refractivity contribution in [1.82, 2.24) is 4.98 Å². The van der Waals surface area contributed by atoms with Crippen LogP contribution in [0.1, 0.15) is 50.8 Å². The molecule has 1 aliphatic rings. The van der Waals surface area contributed by atoms with Crippen molar-refractivity contribution >= 4 is 5.82 Å². The Bertz CT molecular complexity index is 430. The number of aromatic nitrogens is 1. The Labute approximate surface area is 117 Å². The molecule has 1 aliphatic carbocycles. The SMILES string of the molecule is Cc1cc(CN)cc(N(C)C2CCC(C)(C)CC2)n1. The minimum Gasteiger partial charge on any atom is -0.357 e. The van der Waals surface area contributed by atoms with Gasteiger partial charge < -0.3 is 10.6 Å². The number of rotatable bonds is 3. The number of hydrogen-bond acceptors (Lipinski definition) is 3. The molecule has 0 saturated heterocycles. The van der Waals surface area contributed by atoms with E-state index in [9.17, 15) is 0 Å². The molecule has 3 heteroatoms. The van der Waals surface area contributed by atoms with E-state index in [1.165, 1.54) is 31.2 Å². The number of nitrogens with zero attached hydrogens (tertiary/aromatic N) is 2. The van der Waals surface area contributed by atoms with Gasteiger partial charge in [0.15, 0.2) is 0 Å². The molecule has 0 aliphatic heterocycles. The lowest BCUT2D eigenvalue weighted by atomic mass is 9.75. The molecule has 106 valence electrons. The van der Waals surface area contributed by atoms with Crippen LogP contribution in [0.15, 0.2) is 12.1 Å². The summed E-state index contributed by atoms with van der Waals surface area (Å²) in [6.45, 7) is 7.38. The lowest BCUT2D eigenvalue weighted by molar-refractivity contribution is 0.222.